The van der Waals surface area contributed by atoms with E-state index in [1.807, 2.05) is 72.8 Å². The fourth-order valence-corrected chi connectivity index (χ4v) is 5.65. The van der Waals surface area contributed by atoms with Gasteiger partial charge in [-0.3, -0.25) is 9.59 Å². The smallest absolute Gasteiger partial charge is 0.545 e. The van der Waals surface area contributed by atoms with Crippen LogP contribution in [0.5, 0.6) is 0 Å². The number of nitrogens with zero attached hydrogens (tertiary/aromatic N) is 2. The third kappa shape index (κ3) is 8.58. The van der Waals surface area contributed by atoms with Gasteiger partial charge in [0.15, 0.2) is 10.9 Å². The predicted molar refractivity (Wildman–Crippen MR) is 178 cm³/mol. The van der Waals surface area contributed by atoms with E-state index in [-0.39, 0.29) is 43.1 Å². The first-order chi connectivity index (χ1) is 23.2. The van der Waals surface area contributed by atoms with Crippen LogP contribution < -0.4 is 21.1 Å². The van der Waals surface area contributed by atoms with Crippen molar-refractivity contribution in [2.45, 2.75) is 25.9 Å². The molecule has 0 atom stereocenters. The van der Waals surface area contributed by atoms with Crippen LogP contribution in [0.1, 0.15) is 43.0 Å². The minimum atomic E-state index is -1.51. The molecule has 251 valence electrons. The third-order valence-electron chi connectivity index (χ3n) is 7.91. The van der Waals surface area contributed by atoms with Crippen molar-refractivity contribution < 1.29 is 46.8 Å². The molecule has 0 aliphatic heterocycles. The Labute approximate surface area is 291 Å². The molecule has 0 unspecified atom stereocenters. The van der Waals surface area contributed by atoms with Crippen LogP contribution in [0, 0.1) is 0 Å². The van der Waals surface area contributed by atoms with Crippen molar-refractivity contribution in [3.63, 3.8) is 0 Å². The van der Waals surface area contributed by atoms with E-state index in [2.05, 4.69) is 0 Å². The molecular weight excluding hydrogens is 671 g/mol. The molecule has 6 aromatic rings. The number of aliphatic hydroxyl groups is 2. The van der Waals surface area contributed by atoms with Crippen molar-refractivity contribution in [2.75, 3.05) is 13.2 Å². The van der Waals surface area contributed by atoms with Gasteiger partial charge in [-0.1, -0.05) is 72.8 Å². The van der Waals surface area contributed by atoms with Crippen molar-refractivity contribution >= 4 is 33.7 Å². The Morgan fingerprint density at radius 2 is 0.918 bits per heavy atom. The fourth-order valence-electron chi connectivity index (χ4n) is 5.65. The van der Waals surface area contributed by atoms with E-state index in [9.17, 15) is 29.4 Å². The second kappa shape index (κ2) is 16.7. The van der Waals surface area contributed by atoms with E-state index in [0.29, 0.717) is 34.6 Å². The molecule has 0 saturated carbocycles. The molecule has 0 bridgehead atoms. The molecule has 0 fully saturated rings. The maximum Gasteiger partial charge on any atom is 2.00 e. The summed E-state index contributed by atoms with van der Waals surface area (Å²) in [5.41, 5.74) is 3.30. The number of carboxylic acid groups (broad SMARTS) is 2. The van der Waals surface area contributed by atoms with Gasteiger partial charge in [-0.05, 0) is 59.4 Å². The molecule has 6 rings (SSSR count). The average molecular weight is 704 g/mol. The minimum Gasteiger partial charge on any atom is -0.545 e. The fraction of sp³-hybridized carbons (Fsp3) is 0.158. The van der Waals surface area contributed by atoms with Crippen LogP contribution in [0.4, 0.5) is 0 Å². The molecule has 0 spiro atoms. The second-order valence-corrected chi connectivity index (χ2v) is 11.2. The normalized spacial score (nSPS) is 10.7. The first-order valence-electron chi connectivity index (χ1n) is 15.2. The van der Waals surface area contributed by atoms with Gasteiger partial charge < -0.3 is 39.1 Å². The molecule has 49 heavy (non-hydrogen) atoms. The topological polar surface area (TPSA) is 165 Å². The Morgan fingerprint density at radius 1 is 0.551 bits per heavy atom. The summed E-state index contributed by atoms with van der Waals surface area (Å²) in [5.74, 6) is -3.02. The molecule has 0 aliphatic carbocycles. The van der Waals surface area contributed by atoms with Crippen LogP contribution in [0.15, 0.2) is 119 Å². The Hall–Kier alpha value is -5.33. The van der Waals surface area contributed by atoms with Crippen molar-refractivity contribution in [2.24, 2.45) is 0 Å². The number of carbonyl (C=O) groups excluding carboxylic acids is 2. The van der Waals surface area contributed by atoms with Crippen molar-refractivity contribution in [3.8, 4) is 0 Å². The largest absolute Gasteiger partial charge is 2.00 e. The quantitative estimate of drug-likeness (QED) is 0.219. The van der Waals surface area contributed by atoms with E-state index in [1.54, 1.807) is 33.4 Å². The zero-order valence-electron chi connectivity index (χ0n) is 26.2. The van der Waals surface area contributed by atoms with E-state index in [1.165, 1.54) is 12.4 Å². The summed E-state index contributed by atoms with van der Waals surface area (Å²) in [7, 11) is 0. The van der Waals surface area contributed by atoms with Crippen LogP contribution in [0.2, 0.25) is 0 Å². The number of fused-ring (bicyclic) bond motifs is 2. The van der Waals surface area contributed by atoms with E-state index in [4.69, 9.17) is 10.2 Å². The first kappa shape index (κ1) is 36.5. The number of aromatic nitrogens is 2. The van der Waals surface area contributed by atoms with Crippen LogP contribution in [-0.2, 0) is 42.7 Å². The van der Waals surface area contributed by atoms with Crippen LogP contribution in [-0.4, -0.2) is 44.5 Å². The Kier molecular flexibility index (Phi) is 12.4. The predicted octanol–water partition coefficient (Wildman–Crippen LogP) is 1.89. The molecule has 0 aliphatic rings. The van der Waals surface area contributed by atoms with Crippen molar-refractivity contribution in [1.29, 1.82) is 0 Å². The zero-order valence-corrected chi connectivity index (χ0v) is 27.2. The number of pyridine rings is 2. The maximum atomic E-state index is 12.4. The molecular formula is C38H32CoN2O8. The van der Waals surface area contributed by atoms with Gasteiger partial charge in [-0.15, -0.1) is 0 Å². The summed E-state index contributed by atoms with van der Waals surface area (Å²) < 4.78 is 3.13. The van der Waals surface area contributed by atoms with Gasteiger partial charge in [0.1, 0.15) is 0 Å². The van der Waals surface area contributed by atoms with Gasteiger partial charge >= 0.3 is 16.8 Å². The van der Waals surface area contributed by atoms with Gasteiger partial charge in [0.25, 0.3) is 0 Å². The Bertz CT molecular complexity index is 2060. The zero-order chi connectivity index (χ0) is 34.2. The summed E-state index contributed by atoms with van der Waals surface area (Å²) in [4.78, 5) is 47.3. The molecule has 10 nitrogen and oxygen atoms in total. The third-order valence-corrected chi connectivity index (χ3v) is 7.91. The van der Waals surface area contributed by atoms with Gasteiger partial charge in [-0.2, -0.15) is 0 Å². The number of aromatic carboxylic acids is 2. The van der Waals surface area contributed by atoms with Gasteiger partial charge in [-0.25, -0.2) is 0 Å². The molecule has 0 amide bonds. The van der Waals surface area contributed by atoms with Crippen molar-refractivity contribution in [3.05, 3.63) is 163 Å². The van der Waals surface area contributed by atoms with Crippen LogP contribution >= 0.6 is 0 Å². The Morgan fingerprint density at radius 3 is 1.24 bits per heavy atom. The molecule has 11 heteroatoms. The average Bonchev–Trinajstić information content (AvgIpc) is 3.08. The molecule has 4 aromatic carbocycles. The number of hydrogen-bond acceptors (Lipinski definition) is 8. The first-order valence-corrected chi connectivity index (χ1v) is 15.2. The number of hydrogen-bond donors (Lipinski definition) is 2. The Balaban J connectivity index is 0.000000216. The molecule has 2 heterocycles. The number of carbonyl (C=O) groups is 2. The molecule has 1 radical (unpaired) electrons. The van der Waals surface area contributed by atoms with E-state index in [0.717, 1.165) is 22.3 Å². The number of rotatable bonds is 10. The van der Waals surface area contributed by atoms with E-state index >= 15 is 0 Å². The number of carboxylic acids is 2. The summed E-state index contributed by atoms with van der Waals surface area (Å²) in [5, 5.41) is 41.4. The second-order valence-electron chi connectivity index (χ2n) is 11.2. The SMILES string of the molecule is O=C([O-])c1cn(CCO)c2ccc(Cc3ccccc3)cc2c1=O.O=C([O-])c1cn(CCO)c2ccc(Cc3ccccc3)cc2c1=O.[Co+2]. The maximum absolute atomic E-state index is 12.4. The van der Waals surface area contributed by atoms with Crippen LogP contribution in [0.3, 0.4) is 0 Å². The molecule has 2 aromatic heterocycles. The number of benzene rings is 4. The molecule has 0 saturated heterocycles. The monoisotopic (exact) mass is 703 g/mol. The minimum absolute atomic E-state index is 0. The molecule has 2 N–H and O–H groups in total. The summed E-state index contributed by atoms with van der Waals surface area (Å²) in [6.45, 7) is 0.0939. The van der Waals surface area contributed by atoms with E-state index < -0.39 is 33.9 Å². The summed E-state index contributed by atoms with van der Waals surface area (Å²) >= 11 is 0. The van der Waals surface area contributed by atoms with Gasteiger partial charge in [0.2, 0.25) is 0 Å². The summed E-state index contributed by atoms with van der Waals surface area (Å²) in [6, 6.07) is 30.4. The standard InChI is InChI=1S/2C19H17NO4.Co/c2*21-9-8-20-12-16(19(23)24)18(22)15-11-14(6-7-17(15)20)10-13-4-2-1-3-5-13;/h2*1-7,11-12,21H,8-10H2,(H,23,24);/q;;+2/p-2. The van der Waals surface area contributed by atoms with Gasteiger partial charge in [0, 0.05) is 36.3 Å². The number of aliphatic hydroxyl groups excluding tert-OH is 2. The van der Waals surface area contributed by atoms with Crippen LogP contribution in [0.25, 0.3) is 21.8 Å². The van der Waals surface area contributed by atoms with Gasteiger partial charge in [0.05, 0.1) is 47.3 Å². The summed E-state index contributed by atoms with van der Waals surface area (Å²) in [6.07, 6.45) is 3.75. The van der Waals surface area contributed by atoms with Crippen molar-refractivity contribution in [1.82, 2.24) is 9.13 Å².